The van der Waals surface area contributed by atoms with Gasteiger partial charge in [-0.2, -0.15) is 5.10 Å². The van der Waals surface area contributed by atoms with E-state index in [1.165, 1.54) is 5.56 Å². The van der Waals surface area contributed by atoms with Crippen LogP contribution in [0.25, 0.3) is 0 Å². The molecule has 0 bridgehead atoms. The predicted molar refractivity (Wildman–Crippen MR) is 135 cm³/mol. The smallest absolute Gasteiger partial charge is 0.253 e. The van der Waals surface area contributed by atoms with Gasteiger partial charge in [0.15, 0.2) is 5.78 Å². The number of piperidine rings is 1. The first-order valence-corrected chi connectivity index (χ1v) is 12.3. The zero-order valence-corrected chi connectivity index (χ0v) is 20.8. The van der Waals surface area contributed by atoms with Gasteiger partial charge in [-0.3, -0.25) is 14.3 Å². The van der Waals surface area contributed by atoms with Crippen molar-refractivity contribution in [3.8, 4) is 0 Å². The Morgan fingerprint density at radius 3 is 2.26 bits per heavy atom. The quantitative estimate of drug-likeness (QED) is 0.441. The number of carbonyl (C=O) groups is 2. The predicted octanol–water partition coefficient (Wildman–Crippen LogP) is 5.48. The summed E-state index contributed by atoms with van der Waals surface area (Å²) in [6.07, 6.45) is 2.45. The molecule has 0 spiro atoms. The van der Waals surface area contributed by atoms with Crippen LogP contribution >= 0.6 is 0 Å². The van der Waals surface area contributed by atoms with Gasteiger partial charge in [-0.1, -0.05) is 50.2 Å². The maximum Gasteiger partial charge on any atom is 0.253 e. The number of rotatable bonds is 7. The van der Waals surface area contributed by atoms with Crippen molar-refractivity contribution in [3.63, 3.8) is 0 Å². The fourth-order valence-corrected chi connectivity index (χ4v) is 4.85. The summed E-state index contributed by atoms with van der Waals surface area (Å²) in [5.74, 6) is 0.828. The molecule has 2 aromatic carbocycles. The highest BCUT2D eigenvalue weighted by Crippen LogP contribution is 2.24. The van der Waals surface area contributed by atoms with E-state index < -0.39 is 0 Å². The lowest BCUT2D eigenvalue weighted by molar-refractivity contribution is 0.0650. The zero-order valence-electron chi connectivity index (χ0n) is 20.8. The number of aromatic nitrogens is 2. The fraction of sp³-hybridized carbons (Fsp3) is 0.414. The molecule has 178 valence electrons. The molecule has 1 aromatic heterocycles. The van der Waals surface area contributed by atoms with Gasteiger partial charge in [-0.05, 0) is 68.4 Å². The van der Waals surface area contributed by atoms with Crippen LogP contribution in [0.1, 0.15) is 69.9 Å². The minimum Gasteiger partial charge on any atom is -0.339 e. The van der Waals surface area contributed by atoms with Crippen molar-refractivity contribution in [1.29, 1.82) is 0 Å². The molecule has 1 amide bonds. The Hall–Kier alpha value is -3.21. The third kappa shape index (κ3) is 5.64. The summed E-state index contributed by atoms with van der Waals surface area (Å²) >= 11 is 0. The fourth-order valence-electron chi connectivity index (χ4n) is 4.85. The minimum atomic E-state index is -0.0163. The van der Waals surface area contributed by atoms with Crippen molar-refractivity contribution in [1.82, 2.24) is 14.7 Å². The van der Waals surface area contributed by atoms with Crippen LogP contribution in [0.3, 0.4) is 0 Å². The molecule has 0 N–H and O–H groups in total. The topological polar surface area (TPSA) is 55.2 Å². The normalized spacial score (nSPS) is 14.6. The van der Waals surface area contributed by atoms with Crippen LogP contribution in [0, 0.1) is 25.7 Å². The van der Waals surface area contributed by atoms with Crippen molar-refractivity contribution in [2.75, 3.05) is 13.1 Å². The molecule has 0 radical (unpaired) electrons. The molecule has 2 heterocycles. The van der Waals surface area contributed by atoms with Crippen molar-refractivity contribution in [3.05, 3.63) is 88.2 Å². The van der Waals surface area contributed by atoms with Crippen molar-refractivity contribution < 1.29 is 9.59 Å². The van der Waals surface area contributed by atoms with E-state index in [0.717, 1.165) is 28.9 Å². The van der Waals surface area contributed by atoms with Crippen molar-refractivity contribution in [2.45, 2.75) is 53.5 Å². The highest BCUT2D eigenvalue weighted by Gasteiger charge is 2.28. The lowest BCUT2D eigenvalue weighted by Gasteiger charge is -2.31. The second-order valence-electron chi connectivity index (χ2n) is 10.0. The van der Waals surface area contributed by atoms with Gasteiger partial charge < -0.3 is 4.90 Å². The Balaban J connectivity index is 1.35. The van der Waals surface area contributed by atoms with E-state index in [4.69, 9.17) is 0 Å². The third-order valence-electron chi connectivity index (χ3n) is 6.64. The van der Waals surface area contributed by atoms with E-state index in [-0.39, 0.29) is 17.6 Å². The Morgan fingerprint density at radius 2 is 1.65 bits per heavy atom. The summed E-state index contributed by atoms with van der Waals surface area (Å²) in [7, 11) is 0. The Morgan fingerprint density at radius 1 is 0.941 bits per heavy atom. The van der Waals surface area contributed by atoms with Gasteiger partial charge in [0.25, 0.3) is 5.91 Å². The molecule has 1 aliphatic heterocycles. The highest BCUT2D eigenvalue weighted by molar-refractivity contribution is 5.98. The van der Waals surface area contributed by atoms with E-state index >= 15 is 0 Å². The molecule has 5 nitrogen and oxygen atoms in total. The van der Waals surface area contributed by atoms with E-state index in [1.54, 1.807) is 0 Å². The SMILES string of the molecule is Cc1cc(C)n(Cc2cccc(C(=O)N3CCC(C(=O)c4ccc(CC(C)C)cc4)CC3)c2)n1. The van der Waals surface area contributed by atoms with E-state index in [9.17, 15) is 9.59 Å². The molecule has 1 aliphatic rings. The summed E-state index contributed by atoms with van der Waals surface area (Å²) in [6.45, 7) is 10.3. The maximum absolute atomic E-state index is 13.2. The van der Waals surface area contributed by atoms with Gasteiger partial charge in [0, 0.05) is 35.8 Å². The van der Waals surface area contributed by atoms with Gasteiger partial charge in [0.05, 0.1) is 12.2 Å². The molecule has 4 rings (SSSR count). The number of hydrogen-bond donors (Lipinski definition) is 0. The van der Waals surface area contributed by atoms with Crippen LogP contribution < -0.4 is 0 Å². The molecule has 3 aromatic rings. The summed E-state index contributed by atoms with van der Waals surface area (Å²) in [6, 6.07) is 17.9. The molecule has 5 heteroatoms. The first kappa shape index (κ1) is 23.9. The molecule has 1 saturated heterocycles. The second-order valence-corrected chi connectivity index (χ2v) is 10.0. The van der Waals surface area contributed by atoms with Crippen LogP contribution in [0.15, 0.2) is 54.6 Å². The molecule has 0 unspecified atom stereocenters. The lowest BCUT2D eigenvalue weighted by Crippen LogP contribution is -2.40. The number of Topliss-reactive ketones (excluding diaryl/α,β-unsaturated/α-hetero) is 1. The van der Waals surface area contributed by atoms with Gasteiger partial charge in [-0.25, -0.2) is 0 Å². The number of hydrogen-bond acceptors (Lipinski definition) is 3. The molecule has 1 fully saturated rings. The van der Waals surface area contributed by atoms with E-state index in [2.05, 4.69) is 37.1 Å². The molecule has 34 heavy (non-hydrogen) atoms. The number of likely N-dealkylation sites (tertiary alicyclic amines) is 1. The Bertz CT molecular complexity index is 1150. The summed E-state index contributed by atoms with van der Waals surface area (Å²) in [4.78, 5) is 28.1. The standard InChI is InChI=1S/C29H35N3O2/c1-20(2)16-23-8-10-25(11-9-23)28(33)26-12-14-31(15-13-26)29(34)27-7-5-6-24(18-27)19-32-22(4)17-21(3)30-32/h5-11,17-18,20,26H,12-16,19H2,1-4H3. The largest absolute Gasteiger partial charge is 0.339 e. The minimum absolute atomic E-state index is 0.0163. The lowest BCUT2D eigenvalue weighted by atomic mass is 9.88. The zero-order chi connectivity index (χ0) is 24.2. The average molecular weight is 458 g/mol. The average Bonchev–Trinajstić information content (AvgIpc) is 3.14. The van der Waals surface area contributed by atoms with Crippen LogP contribution in [0.4, 0.5) is 0 Å². The number of amides is 1. The Kier molecular flexibility index (Phi) is 7.30. The van der Waals surface area contributed by atoms with Crippen LogP contribution in [-0.2, 0) is 13.0 Å². The summed E-state index contributed by atoms with van der Waals surface area (Å²) in [5, 5.41) is 4.53. The monoisotopic (exact) mass is 457 g/mol. The van der Waals surface area contributed by atoms with Crippen LogP contribution in [0.2, 0.25) is 0 Å². The van der Waals surface area contributed by atoms with Crippen LogP contribution in [-0.4, -0.2) is 39.5 Å². The molecule has 0 aliphatic carbocycles. The summed E-state index contributed by atoms with van der Waals surface area (Å²) in [5.41, 5.74) is 5.91. The van der Waals surface area contributed by atoms with Crippen LogP contribution in [0.5, 0.6) is 0 Å². The number of nitrogens with zero attached hydrogens (tertiary/aromatic N) is 3. The number of carbonyl (C=O) groups excluding carboxylic acids is 2. The van der Waals surface area contributed by atoms with Gasteiger partial charge in [-0.15, -0.1) is 0 Å². The second kappa shape index (κ2) is 10.4. The van der Waals surface area contributed by atoms with Gasteiger partial charge in [0.1, 0.15) is 0 Å². The molecule has 0 saturated carbocycles. The summed E-state index contributed by atoms with van der Waals surface area (Å²) < 4.78 is 1.96. The highest BCUT2D eigenvalue weighted by atomic mass is 16.2. The third-order valence-corrected chi connectivity index (χ3v) is 6.64. The first-order valence-electron chi connectivity index (χ1n) is 12.3. The van der Waals surface area contributed by atoms with Gasteiger partial charge in [0.2, 0.25) is 0 Å². The maximum atomic E-state index is 13.2. The molecular weight excluding hydrogens is 422 g/mol. The van der Waals surface area contributed by atoms with Gasteiger partial charge >= 0.3 is 0 Å². The number of benzene rings is 2. The van der Waals surface area contributed by atoms with Crippen molar-refractivity contribution in [2.24, 2.45) is 11.8 Å². The van der Waals surface area contributed by atoms with E-state index in [1.807, 2.05) is 59.8 Å². The van der Waals surface area contributed by atoms with Crippen molar-refractivity contribution >= 4 is 11.7 Å². The molecular formula is C29H35N3O2. The van der Waals surface area contributed by atoms with E-state index in [0.29, 0.717) is 44.0 Å². The molecule has 0 atom stereocenters. The number of ketones is 1. The Labute approximate surface area is 202 Å². The first-order chi connectivity index (χ1) is 16.3. The number of aryl methyl sites for hydroxylation is 2.